The molecule has 0 radical (unpaired) electrons. The van der Waals surface area contributed by atoms with Crippen molar-refractivity contribution in [3.8, 4) is 16.9 Å². The number of fused-ring (bicyclic) bond motifs is 1. The summed E-state index contributed by atoms with van der Waals surface area (Å²) in [6.07, 6.45) is 4.11. The van der Waals surface area contributed by atoms with Crippen molar-refractivity contribution in [1.82, 2.24) is 19.6 Å². The van der Waals surface area contributed by atoms with Crippen molar-refractivity contribution in [2.75, 3.05) is 26.2 Å². The lowest BCUT2D eigenvalue weighted by molar-refractivity contribution is -0.138. The van der Waals surface area contributed by atoms with Gasteiger partial charge in [-0.15, -0.1) is 11.3 Å². The highest BCUT2D eigenvalue weighted by Crippen LogP contribution is 2.36. The van der Waals surface area contributed by atoms with Crippen LogP contribution in [-0.2, 0) is 29.6 Å². The molecule has 9 nitrogen and oxygen atoms in total. The zero-order valence-electron chi connectivity index (χ0n) is 21.6. The molecule has 4 rings (SSSR count). The summed E-state index contributed by atoms with van der Waals surface area (Å²) in [5.74, 6) is -0.458. The third kappa shape index (κ3) is 5.64. The van der Waals surface area contributed by atoms with E-state index in [1.54, 1.807) is 33.2 Å². The molecule has 0 saturated heterocycles. The Morgan fingerprint density at radius 1 is 1.24 bits per heavy atom. The predicted octanol–water partition coefficient (Wildman–Crippen LogP) is 3.42. The van der Waals surface area contributed by atoms with E-state index in [-0.39, 0.29) is 12.5 Å². The summed E-state index contributed by atoms with van der Waals surface area (Å²) in [5.41, 5.74) is 4.00. The molecule has 0 fully saturated rings. The van der Waals surface area contributed by atoms with Crippen LogP contribution in [0.25, 0.3) is 11.1 Å². The van der Waals surface area contributed by atoms with E-state index in [4.69, 9.17) is 4.74 Å². The second kappa shape index (κ2) is 11.1. The number of aryl methyl sites for hydroxylation is 2. The average Bonchev–Trinajstić information content (AvgIpc) is 3.34. The van der Waals surface area contributed by atoms with Crippen LogP contribution in [0, 0.1) is 13.8 Å². The first-order chi connectivity index (χ1) is 17.7. The van der Waals surface area contributed by atoms with Crippen LogP contribution in [0.1, 0.15) is 38.2 Å². The molecule has 37 heavy (non-hydrogen) atoms. The predicted molar refractivity (Wildman–Crippen MR) is 143 cm³/mol. The highest BCUT2D eigenvalue weighted by atomic mass is 32.1. The topological polar surface area (TPSA) is 97.1 Å². The summed E-state index contributed by atoms with van der Waals surface area (Å²) in [4.78, 5) is 48.2. The quantitative estimate of drug-likeness (QED) is 0.444. The fraction of sp³-hybridized carbons (Fsp3) is 0.370. The van der Waals surface area contributed by atoms with Gasteiger partial charge < -0.3 is 14.6 Å². The second-order valence-electron chi connectivity index (χ2n) is 9.08. The summed E-state index contributed by atoms with van der Waals surface area (Å²) < 4.78 is 7.61. The van der Waals surface area contributed by atoms with Gasteiger partial charge in [-0.25, -0.2) is 0 Å². The number of ether oxygens (including phenoxy) is 1. The number of carbonyl (C=O) groups excluding carboxylic acids is 3. The van der Waals surface area contributed by atoms with Gasteiger partial charge in [0.05, 0.1) is 24.2 Å². The van der Waals surface area contributed by atoms with E-state index < -0.39 is 11.8 Å². The van der Waals surface area contributed by atoms with Crippen molar-refractivity contribution in [3.63, 3.8) is 0 Å². The molecule has 1 aromatic carbocycles. The van der Waals surface area contributed by atoms with Gasteiger partial charge in [0.25, 0.3) is 5.91 Å². The van der Waals surface area contributed by atoms with E-state index in [2.05, 4.69) is 16.8 Å². The molecule has 0 N–H and O–H groups in total. The van der Waals surface area contributed by atoms with Crippen LogP contribution in [0.5, 0.6) is 5.75 Å². The van der Waals surface area contributed by atoms with Crippen LogP contribution in [0.4, 0.5) is 0 Å². The number of benzene rings is 1. The first-order valence-electron chi connectivity index (χ1n) is 12.1. The normalized spacial score (nSPS) is 12.9. The number of thiophene rings is 1. The lowest BCUT2D eigenvalue weighted by atomic mass is 9.97. The first-order valence-corrected chi connectivity index (χ1v) is 12.9. The van der Waals surface area contributed by atoms with E-state index >= 15 is 0 Å². The summed E-state index contributed by atoms with van der Waals surface area (Å²) in [7, 11) is 1.84. The van der Waals surface area contributed by atoms with Crippen LogP contribution in [0.2, 0.25) is 0 Å². The third-order valence-corrected chi connectivity index (χ3v) is 7.70. The Morgan fingerprint density at radius 2 is 2.03 bits per heavy atom. The van der Waals surface area contributed by atoms with Gasteiger partial charge in [0.2, 0.25) is 11.8 Å². The highest BCUT2D eigenvalue weighted by molar-refractivity contribution is 7.12. The number of hydrogen-bond acceptors (Lipinski definition) is 7. The number of amides is 3. The van der Waals surface area contributed by atoms with E-state index in [1.165, 1.54) is 6.92 Å². The summed E-state index contributed by atoms with van der Waals surface area (Å²) in [6, 6.07) is 5.43. The van der Waals surface area contributed by atoms with Crippen molar-refractivity contribution in [2.24, 2.45) is 12.0 Å². The minimum Gasteiger partial charge on any atom is -0.490 e. The van der Waals surface area contributed by atoms with Crippen molar-refractivity contribution >= 4 is 35.8 Å². The molecule has 3 heterocycles. The monoisotopic (exact) mass is 521 g/mol. The van der Waals surface area contributed by atoms with Crippen molar-refractivity contribution in [1.29, 1.82) is 0 Å². The molecule has 0 aliphatic carbocycles. The van der Waals surface area contributed by atoms with Gasteiger partial charge >= 0.3 is 0 Å². The van der Waals surface area contributed by atoms with Crippen LogP contribution < -0.4 is 4.74 Å². The molecular weight excluding hydrogens is 490 g/mol. The minimum atomic E-state index is -0.507. The largest absolute Gasteiger partial charge is 0.490 e. The molecule has 0 bridgehead atoms. The minimum absolute atomic E-state index is 0.301. The van der Waals surface area contributed by atoms with E-state index in [1.807, 2.05) is 39.2 Å². The van der Waals surface area contributed by atoms with Crippen LogP contribution in [-0.4, -0.2) is 70.3 Å². The van der Waals surface area contributed by atoms with Crippen LogP contribution in [0.15, 0.2) is 35.6 Å². The molecule has 0 unspecified atom stereocenters. The van der Waals surface area contributed by atoms with Crippen LogP contribution >= 0.6 is 11.3 Å². The second-order valence-corrected chi connectivity index (χ2v) is 10.4. The zero-order valence-corrected chi connectivity index (χ0v) is 22.4. The lowest BCUT2D eigenvalue weighted by Crippen LogP contribution is -2.45. The van der Waals surface area contributed by atoms with Crippen LogP contribution in [0.3, 0.4) is 0 Å². The zero-order chi connectivity index (χ0) is 26.7. The average molecular weight is 522 g/mol. The molecule has 3 aromatic rings. The van der Waals surface area contributed by atoms with E-state index in [9.17, 15) is 14.4 Å². The molecule has 2 aromatic heterocycles. The maximum Gasteiger partial charge on any atom is 0.261 e. The molecule has 0 atom stereocenters. The number of carbonyl (C=O) groups is 3. The molecule has 1 aliphatic heterocycles. The number of imide groups is 1. The Balaban J connectivity index is 1.58. The summed E-state index contributed by atoms with van der Waals surface area (Å²) >= 11 is 1.60. The van der Waals surface area contributed by atoms with Gasteiger partial charge in [-0.05, 0) is 44.2 Å². The van der Waals surface area contributed by atoms with Gasteiger partial charge in [-0.3, -0.25) is 24.0 Å². The molecule has 0 saturated carbocycles. The first kappa shape index (κ1) is 26.3. The van der Waals surface area contributed by atoms with E-state index in [0.29, 0.717) is 38.2 Å². The fourth-order valence-electron chi connectivity index (χ4n) is 4.36. The lowest BCUT2D eigenvalue weighted by Gasteiger charge is -2.25. The maximum absolute atomic E-state index is 13.6. The SMILES string of the molecule is C=NCCc1cc(-c2cnn(C)c2)ccc1C(=O)N(CC(=O)N1CCOc2c(sc(C)c2C)C1)C(C)=O. The highest BCUT2D eigenvalue weighted by Gasteiger charge is 2.29. The van der Waals surface area contributed by atoms with Gasteiger partial charge in [0.15, 0.2) is 0 Å². The number of aromatic nitrogens is 2. The standard InChI is InChI=1S/C27H31N5O4S/c1-17-18(2)37-24-15-31(10-11-36-26(17)24)25(34)16-32(19(3)33)27(35)23-7-6-20(12-21(23)8-9-28-4)22-13-29-30(5)14-22/h6-7,12-14H,4,8-11,15-16H2,1-3,5H3. The van der Waals surface area contributed by atoms with Gasteiger partial charge in [0, 0.05) is 48.3 Å². The Hall–Kier alpha value is -3.79. The Morgan fingerprint density at radius 3 is 2.70 bits per heavy atom. The fourth-order valence-corrected chi connectivity index (χ4v) is 5.50. The third-order valence-electron chi connectivity index (χ3n) is 6.52. The number of rotatable bonds is 7. The Labute approximate surface area is 220 Å². The van der Waals surface area contributed by atoms with E-state index in [0.717, 1.165) is 42.7 Å². The molecular formula is C27H31N5O4S. The van der Waals surface area contributed by atoms with Crippen molar-refractivity contribution < 1.29 is 19.1 Å². The molecule has 10 heteroatoms. The smallest absolute Gasteiger partial charge is 0.261 e. The number of nitrogens with zero attached hydrogens (tertiary/aromatic N) is 5. The van der Waals surface area contributed by atoms with Gasteiger partial charge in [-0.1, -0.05) is 12.1 Å². The number of aliphatic imine (C=N–C) groups is 1. The molecule has 194 valence electrons. The Bertz CT molecular complexity index is 1360. The van der Waals surface area contributed by atoms with Crippen molar-refractivity contribution in [3.05, 3.63) is 57.0 Å². The number of hydrogen-bond donors (Lipinski definition) is 0. The Kier molecular flexibility index (Phi) is 7.87. The summed E-state index contributed by atoms with van der Waals surface area (Å²) in [6.45, 7) is 10.1. The van der Waals surface area contributed by atoms with Gasteiger partial charge in [0.1, 0.15) is 18.9 Å². The molecule has 3 amide bonds. The summed E-state index contributed by atoms with van der Waals surface area (Å²) in [5, 5.41) is 4.22. The molecule has 1 aliphatic rings. The van der Waals surface area contributed by atoms with Crippen molar-refractivity contribution in [2.45, 2.75) is 33.7 Å². The van der Waals surface area contributed by atoms with Gasteiger partial charge in [-0.2, -0.15) is 5.10 Å². The maximum atomic E-state index is 13.6. The molecule has 0 spiro atoms.